The number of anilines is 1. The van der Waals surface area contributed by atoms with Crippen LogP contribution in [0, 0.1) is 5.92 Å². The molecule has 1 aromatic carbocycles. The van der Waals surface area contributed by atoms with E-state index in [0.717, 1.165) is 0 Å². The molecule has 1 atom stereocenters. The first-order valence-electron chi connectivity index (χ1n) is 7.83. The van der Waals surface area contributed by atoms with Gasteiger partial charge in [-0.2, -0.15) is 0 Å². The molecule has 1 saturated heterocycles. The molecule has 1 amide bonds. The van der Waals surface area contributed by atoms with Crippen molar-refractivity contribution in [3.8, 4) is 0 Å². The SMILES string of the molecule is CC(C)C(C)(CN)NC(=O)c1cccc(N2CCCS2(=O)=O)c1.Cl. The lowest BCUT2D eigenvalue weighted by Crippen LogP contribution is -2.55. The van der Waals surface area contributed by atoms with E-state index in [-0.39, 0.29) is 30.0 Å². The van der Waals surface area contributed by atoms with Crippen molar-refractivity contribution in [1.29, 1.82) is 0 Å². The Hall–Kier alpha value is -1.31. The van der Waals surface area contributed by atoms with E-state index in [9.17, 15) is 13.2 Å². The third kappa shape index (κ3) is 4.20. The number of halogens is 1. The Morgan fingerprint density at radius 3 is 2.58 bits per heavy atom. The molecular weight excluding hydrogens is 350 g/mol. The van der Waals surface area contributed by atoms with Gasteiger partial charge < -0.3 is 11.1 Å². The van der Waals surface area contributed by atoms with Gasteiger partial charge in [0.2, 0.25) is 10.0 Å². The average Bonchev–Trinajstić information content (AvgIpc) is 2.86. The van der Waals surface area contributed by atoms with Crippen molar-refractivity contribution in [2.45, 2.75) is 32.7 Å². The number of hydrogen-bond acceptors (Lipinski definition) is 4. The molecule has 3 N–H and O–H groups in total. The van der Waals surface area contributed by atoms with Gasteiger partial charge in [0.15, 0.2) is 0 Å². The third-order valence-electron chi connectivity index (χ3n) is 4.59. The smallest absolute Gasteiger partial charge is 0.251 e. The zero-order valence-electron chi connectivity index (χ0n) is 14.3. The summed E-state index contributed by atoms with van der Waals surface area (Å²) in [5.74, 6) is 0.0887. The molecule has 24 heavy (non-hydrogen) atoms. The third-order valence-corrected chi connectivity index (χ3v) is 6.46. The van der Waals surface area contributed by atoms with E-state index in [0.29, 0.717) is 30.8 Å². The van der Waals surface area contributed by atoms with E-state index in [4.69, 9.17) is 5.73 Å². The van der Waals surface area contributed by atoms with Crippen LogP contribution in [-0.4, -0.2) is 38.7 Å². The number of nitrogens with zero attached hydrogens (tertiary/aromatic N) is 1. The van der Waals surface area contributed by atoms with Crippen molar-refractivity contribution < 1.29 is 13.2 Å². The molecule has 1 aliphatic rings. The maximum absolute atomic E-state index is 12.5. The Labute approximate surface area is 150 Å². The largest absolute Gasteiger partial charge is 0.345 e. The number of hydrogen-bond donors (Lipinski definition) is 2. The highest BCUT2D eigenvalue weighted by atomic mass is 35.5. The van der Waals surface area contributed by atoms with Crippen LogP contribution in [0.4, 0.5) is 5.69 Å². The summed E-state index contributed by atoms with van der Waals surface area (Å²) < 4.78 is 25.4. The van der Waals surface area contributed by atoms with Crippen LogP contribution in [-0.2, 0) is 10.0 Å². The Kier molecular flexibility index (Phi) is 6.67. The lowest BCUT2D eigenvalue weighted by atomic mass is 9.88. The molecule has 0 spiro atoms. The van der Waals surface area contributed by atoms with Gasteiger partial charge >= 0.3 is 0 Å². The first kappa shape index (κ1) is 20.7. The number of sulfonamides is 1. The maximum Gasteiger partial charge on any atom is 0.251 e. The van der Waals surface area contributed by atoms with Crippen molar-refractivity contribution in [3.63, 3.8) is 0 Å². The fourth-order valence-electron chi connectivity index (χ4n) is 2.49. The normalized spacial score (nSPS) is 18.8. The number of carbonyl (C=O) groups excluding carboxylic acids is 1. The first-order valence-corrected chi connectivity index (χ1v) is 9.43. The van der Waals surface area contributed by atoms with Gasteiger partial charge in [-0.15, -0.1) is 12.4 Å². The van der Waals surface area contributed by atoms with Crippen molar-refractivity contribution in [2.24, 2.45) is 11.7 Å². The number of amides is 1. The van der Waals surface area contributed by atoms with Gasteiger partial charge in [0, 0.05) is 18.7 Å². The van der Waals surface area contributed by atoms with Crippen LogP contribution in [0.3, 0.4) is 0 Å². The molecule has 8 heteroatoms. The lowest BCUT2D eigenvalue weighted by molar-refractivity contribution is 0.0883. The first-order chi connectivity index (χ1) is 10.7. The van der Waals surface area contributed by atoms with E-state index in [1.54, 1.807) is 24.3 Å². The summed E-state index contributed by atoms with van der Waals surface area (Å²) in [6.07, 6.45) is 0.608. The number of carbonyl (C=O) groups is 1. The van der Waals surface area contributed by atoms with Crippen molar-refractivity contribution in [2.75, 3.05) is 23.1 Å². The summed E-state index contributed by atoms with van der Waals surface area (Å²) in [5, 5.41) is 2.97. The van der Waals surface area contributed by atoms with Gasteiger partial charge in [-0.05, 0) is 37.5 Å². The van der Waals surface area contributed by atoms with Gasteiger partial charge in [0.05, 0.1) is 17.0 Å². The minimum atomic E-state index is -3.25. The van der Waals surface area contributed by atoms with Gasteiger partial charge in [-0.3, -0.25) is 9.10 Å². The summed E-state index contributed by atoms with van der Waals surface area (Å²) in [5.41, 5.74) is 6.26. The predicted molar refractivity (Wildman–Crippen MR) is 99.2 cm³/mol. The summed E-state index contributed by atoms with van der Waals surface area (Å²) in [4.78, 5) is 12.5. The summed E-state index contributed by atoms with van der Waals surface area (Å²) >= 11 is 0. The second-order valence-corrected chi connectivity index (χ2v) is 8.54. The molecule has 1 heterocycles. The van der Waals surface area contributed by atoms with Crippen LogP contribution in [0.15, 0.2) is 24.3 Å². The molecule has 1 aliphatic heterocycles. The Balaban J connectivity index is 0.00000288. The van der Waals surface area contributed by atoms with E-state index in [2.05, 4.69) is 5.32 Å². The summed E-state index contributed by atoms with van der Waals surface area (Å²) in [7, 11) is -3.25. The van der Waals surface area contributed by atoms with Gasteiger partial charge in [-0.25, -0.2) is 8.42 Å². The molecule has 6 nitrogen and oxygen atoms in total. The number of benzene rings is 1. The Bertz CT molecular complexity index is 694. The molecular formula is C16H26ClN3O3S. The average molecular weight is 376 g/mol. The van der Waals surface area contributed by atoms with E-state index in [1.165, 1.54) is 4.31 Å². The second-order valence-electron chi connectivity index (χ2n) is 6.52. The number of nitrogens with two attached hydrogens (primary N) is 1. The fourth-order valence-corrected chi connectivity index (χ4v) is 4.05. The molecule has 1 unspecified atom stereocenters. The maximum atomic E-state index is 12.5. The lowest BCUT2D eigenvalue weighted by Gasteiger charge is -2.33. The molecule has 0 bridgehead atoms. The van der Waals surface area contributed by atoms with Crippen LogP contribution in [0.5, 0.6) is 0 Å². The van der Waals surface area contributed by atoms with Crippen molar-refractivity contribution in [1.82, 2.24) is 5.32 Å². The number of nitrogens with one attached hydrogen (secondary N) is 1. The topological polar surface area (TPSA) is 92.5 Å². The summed E-state index contributed by atoms with van der Waals surface area (Å²) in [6.45, 7) is 6.70. The van der Waals surface area contributed by atoms with Gasteiger partial charge in [0.25, 0.3) is 5.91 Å². The van der Waals surface area contributed by atoms with Crippen molar-refractivity contribution in [3.05, 3.63) is 29.8 Å². The fraction of sp³-hybridized carbons (Fsp3) is 0.562. The molecule has 136 valence electrons. The monoisotopic (exact) mass is 375 g/mol. The summed E-state index contributed by atoms with van der Waals surface area (Å²) in [6, 6.07) is 6.71. The van der Waals surface area contributed by atoms with Crippen LogP contribution in [0.2, 0.25) is 0 Å². The zero-order valence-corrected chi connectivity index (χ0v) is 15.9. The Morgan fingerprint density at radius 2 is 2.08 bits per heavy atom. The minimum absolute atomic E-state index is 0. The van der Waals surface area contributed by atoms with E-state index >= 15 is 0 Å². The highest BCUT2D eigenvalue weighted by Gasteiger charge is 2.31. The molecule has 0 saturated carbocycles. The number of rotatable bonds is 5. The quantitative estimate of drug-likeness (QED) is 0.820. The van der Waals surface area contributed by atoms with E-state index < -0.39 is 15.6 Å². The molecule has 1 fully saturated rings. The van der Waals surface area contributed by atoms with Crippen LogP contribution < -0.4 is 15.4 Å². The van der Waals surface area contributed by atoms with Gasteiger partial charge in [0.1, 0.15) is 0 Å². The molecule has 0 aliphatic carbocycles. The van der Waals surface area contributed by atoms with Crippen molar-refractivity contribution >= 4 is 34.0 Å². The second kappa shape index (κ2) is 7.72. The molecule has 1 aromatic rings. The minimum Gasteiger partial charge on any atom is -0.345 e. The highest BCUT2D eigenvalue weighted by molar-refractivity contribution is 7.93. The predicted octanol–water partition coefficient (Wildman–Crippen LogP) is 1.75. The van der Waals surface area contributed by atoms with Crippen LogP contribution in [0.25, 0.3) is 0 Å². The zero-order chi connectivity index (χ0) is 17.3. The highest BCUT2D eigenvalue weighted by Crippen LogP contribution is 2.25. The molecule has 0 aromatic heterocycles. The molecule has 2 rings (SSSR count). The molecule has 0 radical (unpaired) electrons. The van der Waals surface area contributed by atoms with Gasteiger partial charge in [-0.1, -0.05) is 19.9 Å². The van der Waals surface area contributed by atoms with E-state index in [1.807, 2.05) is 20.8 Å². The Morgan fingerprint density at radius 1 is 1.42 bits per heavy atom. The standard InChI is InChI=1S/C16H25N3O3S.ClH/c1-12(2)16(3,11-17)18-15(20)13-6-4-7-14(10-13)19-8-5-9-23(19,21)22;/h4,6-7,10,12H,5,8-9,11,17H2,1-3H3,(H,18,20);1H. The van der Waals surface area contributed by atoms with Crippen LogP contribution in [0.1, 0.15) is 37.6 Å². The van der Waals surface area contributed by atoms with Crippen LogP contribution >= 0.6 is 12.4 Å².